The Morgan fingerprint density at radius 2 is 1.71 bits per heavy atom. The van der Waals surface area contributed by atoms with Crippen LogP contribution in [0.1, 0.15) is 99.2 Å². The van der Waals surface area contributed by atoms with E-state index in [9.17, 15) is 14.7 Å². The third-order valence-electron chi connectivity index (χ3n) is 9.94. The minimum Gasteiger partial charge on any atom is -0.394 e. The fourth-order valence-electron chi connectivity index (χ4n) is 6.69. The van der Waals surface area contributed by atoms with Crippen molar-refractivity contribution in [2.45, 2.75) is 97.0 Å². The zero-order valence-electron chi connectivity index (χ0n) is 30.9. The number of benzene rings is 1. The highest BCUT2D eigenvalue weighted by atomic mass is 35.5. The van der Waals surface area contributed by atoms with E-state index in [-0.39, 0.29) is 40.9 Å². The van der Waals surface area contributed by atoms with Gasteiger partial charge in [0.1, 0.15) is 0 Å². The Morgan fingerprint density at radius 3 is 2.41 bits per heavy atom. The van der Waals surface area contributed by atoms with Crippen LogP contribution in [0.5, 0.6) is 0 Å². The molecular formula is C38H63ClN8O4. The Hall–Kier alpha value is -3.03. The normalized spacial score (nSPS) is 14.9. The highest BCUT2D eigenvalue weighted by Gasteiger charge is 2.24. The molecule has 12 nitrogen and oxygen atoms in total. The number of aliphatic hydroxyl groups is 2. The van der Waals surface area contributed by atoms with E-state index in [0.29, 0.717) is 31.8 Å². The van der Waals surface area contributed by atoms with Gasteiger partial charge in [0, 0.05) is 26.1 Å². The summed E-state index contributed by atoms with van der Waals surface area (Å²) in [5.74, 6) is 0.337. The molecule has 1 aromatic heterocycles. The Bertz CT molecular complexity index is 1330. The quantitative estimate of drug-likeness (QED) is 0.0857. The summed E-state index contributed by atoms with van der Waals surface area (Å²) in [5.41, 5.74) is 14.0. The van der Waals surface area contributed by atoms with Gasteiger partial charge in [-0.3, -0.25) is 9.59 Å². The molecule has 2 heterocycles. The number of hydrogen-bond acceptors (Lipinski definition) is 10. The number of aromatic nitrogens is 2. The molecule has 2 amide bonds. The number of anilines is 2. The van der Waals surface area contributed by atoms with Crippen LogP contribution in [-0.4, -0.2) is 107 Å². The average Bonchev–Trinajstić information content (AvgIpc) is 3.12. The third-order valence-corrected chi connectivity index (χ3v) is 10.2. The summed E-state index contributed by atoms with van der Waals surface area (Å²) in [6.45, 7) is 10.6. The smallest absolute Gasteiger partial charge is 0.273 e. The van der Waals surface area contributed by atoms with Crippen molar-refractivity contribution in [3.05, 3.63) is 46.2 Å². The number of aryl methyl sites for hydroxylation is 1. The molecule has 13 heteroatoms. The first-order valence-corrected chi connectivity index (χ1v) is 19.4. The van der Waals surface area contributed by atoms with Crippen molar-refractivity contribution in [3.8, 4) is 0 Å². The van der Waals surface area contributed by atoms with Crippen LogP contribution in [0.15, 0.2) is 24.3 Å². The lowest BCUT2D eigenvalue weighted by Crippen LogP contribution is -2.42. The Kier molecular flexibility index (Phi) is 19.5. The molecule has 1 saturated heterocycles. The number of aliphatic hydroxyl groups excluding tert-OH is 2. The predicted octanol–water partition coefficient (Wildman–Crippen LogP) is 4.21. The van der Waals surface area contributed by atoms with Gasteiger partial charge in [-0.25, -0.2) is 9.97 Å². The number of nitrogens with two attached hydrogens (primary N) is 2. The second kappa shape index (κ2) is 23.5. The van der Waals surface area contributed by atoms with Crippen molar-refractivity contribution in [2.75, 3.05) is 70.4 Å². The first-order valence-electron chi connectivity index (χ1n) is 19.0. The lowest BCUT2D eigenvalue weighted by molar-refractivity contribution is -0.132. The van der Waals surface area contributed by atoms with E-state index in [1.807, 2.05) is 17.0 Å². The molecular weight excluding hydrogens is 668 g/mol. The molecule has 2 aromatic rings. The first-order chi connectivity index (χ1) is 24.6. The molecule has 0 radical (unpaired) electrons. The van der Waals surface area contributed by atoms with E-state index in [1.165, 1.54) is 36.8 Å². The molecule has 0 bridgehead atoms. The van der Waals surface area contributed by atoms with Crippen molar-refractivity contribution >= 4 is 35.1 Å². The first kappa shape index (κ1) is 42.4. The molecule has 0 saturated carbocycles. The summed E-state index contributed by atoms with van der Waals surface area (Å²) >= 11 is 5.99. The SMILES string of the molecule is CCCCCCN(CCCC[C@H](O)CO)CCCC(=O)N1CCC(CNC[C@H](CNC(=O)c2nc(Cl)c(N)nc2N)Cc2ccccc2C)CC1. The predicted molar refractivity (Wildman–Crippen MR) is 206 cm³/mol. The minimum absolute atomic E-state index is 0.0152. The van der Waals surface area contributed by atoms with Crippen molar-refractivity contribution in [3.63, 3.8) is 0 Å². The van der Waals surface area contributed by atoms with Crippen molar-refractivity contribution < 1.29 is 19.8 Å². The van der Waals surface area contributed by atoms with E-state index >= 15 is 0 Å². The van der Waals surface area contributed by atoms with Gasteiger partial charge in [0.05, 0.1) is 12.7 Å². The van der Waals surface area contributed by atoms with Crippen LogP contribution in [0.2, 0.25) is 5.15 Å². The fraction of sp³-hybridized carbons (Fsp3) is 0.684. The summed E-state index contributed by atoms with van der Waals surface area (Å²) in [7, 11) is 0. The molecule has 1 aliphatic heterocycles. The number of amides is 2. The maximum atomic E-state index is 13.1. The van der Waals surface area contributed by atoms with Crippen molar-refractivity contribution in [2.24, 2.45) is 11.8 Å². The molecule has 8 N–H and O–H groups in total. The highest BCUT2D eigenvalue weighted by molar-refractivity contribution is 6.31. The molecule has 51 heavy (non-hydrogen) atoms. The number of halogens is 1. The molecule has 0 aliphatic carbocycles. The fourth-order valence-corrected chi connectivity index (χ4v) is 6.82. The van der Waals surface area contributed by atoms with Crippen LogP contribution in [0.3, 0.4) is 0 Å². The van der Waals surface area contributed by atoms with Crippen LogP contribution in [0.4, 0.5) is 11.6 Å². The zero-order chi connectivity index (χ0) is 37.0. The van der Waals surface area contributed by atoms with Crippen LogP contribution >= 0.6 is 11.6 Å². The van der Waals surface area contributed by atoms with Crippen LogP contribution in [0, 0.1) is 18.8 Å². The van der Waals surface area contributed by atoms with Gasteiger partial charge in [-0.1, -0.05) is 62.1 Å². The topological polar surface area (TPSA) is 183 Å². The molecule has 1 fully saturated rings. The summed E-state index contributed by atoms with van der Waals surface area (Å²) in [4.78, 5) is 38.5. The van der Waals surface area contributed by atoms with E-state index in [2.05, 4.69) is 51.5 Å². The van der Waals surface area contributed by atoms with Crippen LogP contribution in [0.25, 0.3) is 0 Å². The second-order valence-electron chi connectivity index (χ2n) is 14.2. The van der Waals surface area contributed by atoms with E-state index < -0.39 is 12.0 Å². The molecule has 286 valence electrons. The summed E-state index contributed by atoms with van der Waals surface area (Å²) in [6, 6.07) is 8.28. The van der Waals surface area contributed by atoms with Gasteiger partial charge < -0.3 is 42.1 Å². The summed E-state index contributed by atoms with van der Waals surface area (Å²) < 4.78 is 0. The number of unbranched alkanes of at least 4 members (excludes halogenated alkanes) is 4. The van der Waals surface area contributed by atoms with E-state index in [1.54, 1.807) is 0 Å². The van der Waals surface area contributed by atoms with Gasteiger partial charge >= 0.3 is 0 Å². The number of nitrogens with zero attached hydrogens (tertiary/aromatic N) is 4. The van der Waals surface area contributed by atoms with Gasteiger partial charge in [-0.05, 0) is 114 Å². The van der Waals surface area contributed by atoms with Gasteiger partial charge in [0.25, 0.3) is 5.91 Å². The largest absolute Gasteiger partial charge is 0.394 e. The summed E-state index contributed by atoms with van der Waals surface area (Å²) in [5, 5.41) is 25.3. The molecule has 0 spiro atoms. The molecule has 1 aliphatic rings. The Morgan fingerprint density at radius 1 is 1.00 bits per heavy atom. The third kappa shape index (κ3) is 15.6. The number of rotatable bonds is 24. The number of nitrogen functional groups attached to an aromatic ring is 2. The second-order valence-corrected chi connectivity index (χ2v) is 14.5. The Balaban J connectivity index is 1.42. The van der Waals surface area contributed by atoms with E-state index in [4.69, 9.17) is 28.2 Å². The maximum absolute atomic E-state index is 13.1. The monoisotopic (exact) mass is 730 g/mol. The molecule has 3 rings (SSSR count). The number of carbonyl (C=O) groups excluding carboxylic acids is 2. The minimum atomic E-state index is -0.625. The zero-order valence-corrected chi connectivity index (χ0v) is 31.7. The number of nitrogens with one attached hydrogen (secondary N) is 2. The number of carbonyl (C=O) groups is 2. The molecule has 1 aromatic carbocycles. The van der Waals surface area contributed by atoms with Crippen molar-refractivity contribution in [1.29, 1.82) is 0 Å². The Labute approximate surface area is 310 Å². The average molecular weight is 731 g/mol. The number of hydrogen-bond donors (Lipinski definition) is 6. The van der Waals surface area contributed by atoms with Gasteiger partial charge in [0.2, 0.25) is 5.91 Å². The van der Waals surface area contributed by atoms with Gasteiger partial charge in [0.15, 0.2) is 22.5 Å². The number of likely N-dealkylation sites (tertiary alicyclic amines) is 1. The van der Waals surface area contributed by atoms with Crippen molar-refractivity contribution in [1.82, 2.24) is 30.4 Å². The summed E-state index contributed by atoms with van der Waals surface area (Å²) in [6.07, 6.45) is 10.9. The lowest BCUT2D eigenvalue weighted by atomic mass is 9.94. The van der Waals surface area contributed by atoms with Gasteiger partial charge in [-0.2, -0.15) is 0 Å². The van der Waals surface area contributed by atoms with Gasteiger partial charge in [-0.15, -0.1) is 0 Å². The molecule has 0 unspecified atom stereocenters. The highest BCUT2D eigenvalue weighted by Crippen LogP contribution is 2.20. The van der Waals surface area contributed by atoms with Crippen LogP contribution in [-0.2, 0) is 11.2 Å². The lowest BCUT2D eigenvalue weighted by Gasteiger charge is -2.33. The van der Waals surface area contributed by atoms with Crippen LogP contribution < -0.4 is 22.1 Å². The van der Waals surface area contributed by atoms with E-state index in [0.717, 1.165) is 77.8 Å². The maximum Gasteiger partial charge on any atom is 0.273 e. The standard InChI is InChI=1S/C38H63ClN8O4/c1-3-4-5-9-18-46(19-10-8-14-32(49)27-48)20-11-15-33(50)47-21-16-29(17-22-47)24-42-25-30(23-31-13-7-6-12-28(31)2)26-43-38(51)34-36(40)45-37(41)35(39)44-34/h6-7,12-13,29-30,32,42,48-49H,3-5,8-11,14-27H2,1-2H3,(H,43,51)(H4,40,41,45)/t30-,32+/m1/s1. The molecule has 2 atom stereocenters. The number of piperidine rings is 1.